The lowest BCUT2D eigenvalue weighted by Gasteiger charge is -2.30. The Kier molecular flexibility index (Phi) is 4.10. The molecule has 1 aromatic heterocycles. The second-order valence-electron chi connectivity index (χ2n) is 5.13. The zero-order chi connectivity index (χ0) is 14.7. The summed E-state index contributed by atoms with van der Waals surface area (Å²) in [6, 6.07) is 6.42. The van der Waals surface area contributed by atoms with Crippen LogP contribution in [0, 0.1) is 5.82 Å². The normalized spacial score (nSPS) is 15.2. The number of hydrogen-bond acceptors (Lipinski definition) is 4. The highest BCUT2D eigenvalue weighted by Crippen LogP contribution is 2.23. The van der Waals surface area contributed by atoms with E-state index in [9.17, 15) is 4.39 Å². The van der Waals surface area contributed by atoms with Crippen molar-refractivity contribution in [3.05, 3.63) is 42.0 Å². The Balaban J connectivity index is 1.94. The lowest BCUT2D eigenvalue weighted by molar-refractivity contribution is 0.586. The summed E-state index contributed by atoms with van der Waals surface area (Å²) in [5, 5.41) is 3.34. The third kappa shape index (κ3) is 3.03. The third-order valence-electron chi connectivity index (χ3n) is 3.72. The van der Waals surface area contributed by atoms with Crippen LogP contribution >= 0.6 is 0 Å². The Hall–Kier alpha value is -2.01. The summed E-state index contributed by atoms with van der Waals surface area (Å²) in [4.78, 5) is 11.4. The van der Waals surface area contributed by atoms with Gasteiger partial charge in [0.1, 0.15) is 5.82 Å². The molecule has 1 fully saturated rings. The van der Waals surface area contributed by atoms with Crippen LogP contribution in [0.25, 0.3) is 11.4 Å². The van der Waals surface area contributed by atoms with E-state index in [0.717, 1.165) is 49.5 Å². The minimum Gasteiger partial charge on any atom is -0.366 e. The summed E-state index contributed by atoms with van der Waals surface area (Å²) in [5.41, 5.74) is 2.84. The van der Waals surface area contributed by atoms with Gasteiger partial charge in [-0.1, -0.05) is 19.1 Å². The SMILES string of the molecule is CCc1nc(-c2cccc(F)c2)ncc1N1CCNCC1. The fraction of sp³-hybridized carbons (Fsp3) is 0.375. The summed E-state index contributed by atoms with van der Waals surface area (Å²) < 4.78 is 13.3. The number of aromatic nitrogens is 2. The topological polar surface area (TPSA) is 41.1 Å². The van der Waals surface area contributed by atoms with Crippen molar-refractivity contribution in [2.75, 3.05) is 31.1 Å². The largest absolute Gasteiger partial charge is 0.366 e. The molecule has 1 saturated heterocycles. The molecular formula is C16H19FN4. The van der Waals surface area contributed by atoms with Crippen LogP contribution in [0.3, 0.4) is 0 Å². The molecule has 2 aromatic rings. The van der Waals surface area contributed by atoms with E-state index in [1.807, 2.05) is 12.3 Å². The average molecular weight is 286 g/mol. The van der Waals surface area contributed by atoms with Crippen molar-refractivity contribution in [3.8, 4) is 11.4 Å². The summed E-state index contributed by atoms with van der Waals surface area (Å²) in [6.07, 6.45) is 2.71. The van der Waals surface area contributed by atoms with Gasteiger partial charge in [0.2, 0.25) is 0 Å². The fourth-order valence-corrected chi connectivity index (χ4v) is 2.61. The first-order chi connectivity index (χ1) is 10.3. The second-order valence-corrected chi connectivity index (χ2v) is 5.13. The van der Waals surface area contributed by atoms with Crippen molar-refractivity contribution in [2.24, 2.45) is 0 Å². The Morgan fingerprint density at radius 2 is 2.10 bits per heavy atom. The molecule has 0 amide bonds. The quantitative estimate of drug-likeness (QED) is 0.939. The molecule has 2 heterocycles. The van der Waals surface area contributed by atoms with Crippen molar-refractivity contribution in [1.29, 1.82) is 0 Å². The molecular weight excluding hydrogens is 267 g/mol. The number of halogens is 1. The zero-order valence-corrected chi connectivity index (χ0v) is 12.1. The molecule has 1 aromatic carbocycles. The average Bonchev–Trinajstić information content (AvgIpc) is 2.55. The maximum atomic E-state index is 13.3. The van der Waals surface area contributed by atoms with Gasteiger partial charge in [0, 0.05) is 31.7 Å². The molecule has 0 unspecified atom stereocenters. The number of rotatable bonds is 3. The van der Waals surface area contributed by atoms with E-state index in [0.29, 0.717) is 5.82 Å². The first-order valence-electron chi connectivity index (χ1n) is 7.35. The van der Waals surface area contributed by atoms with Crippen LogP contribution in [0.4, 0.5) is 10.1 Å². The van der Waals surface area contributed by atoms with Gasteiger partial charge in [-0.05, 0) is 18.6 Å². The second kappa shape index (κ2) is 6.18. The van der Waals surface area contributed by atoms with Crippen molar-refractivity contribution < 1.29 is 4.39 Å². The standard InChI is InChI=1S/C16H19FN4/c1-2-14-15(21-8-6-18-7-9-21)11-19-16(20-14)12-4-3-5-13(17)10-12/h3-5,10-11,18H,2,6-9H2,1H3. The Labute approximate surface area is 124 Å². The van der Waals surface area contributed by atoms with Gasteiger partial charge in [0.15, 0.2) is 5.82 Å². The molecule has 0 aliphatic carbocycles. The number of nitrogens with one attached hydrogen (secondary N) is 1. The maximum Gasteiger partial charge on any atom is 0.159 e. The molecule has 1 aliphatic rings. The number of aryl methyl sites for hydroxylation is 1. The summed E-state index contributed by atoms with van der Waals surface area (Å²) in [5.74, 6) is 0.325. The van der Waals surface area contributed by atoms with Crippen LogP contribution in [0.2, 0.25) is 0 Å². The first-order valence-corrected chi connectivity index (χ1v) is 7.35. The van der Waals surface area contributed by atoms with Crippen molar-refractivity contribution in [1.82, 2.24) is 15.3 Å². The van der Waals surface area contributed by atoms with Crippen LogP contribution in [0.5, 0.6) is 0 Å². The molecule has 4 nitrogen and oxygen atoms in total. The molecule has 1 aliphatic heterocycles. The van der Waals surface area contributed by atoms with E-state index < -0.39 is 0 Å². The Morgan fingerprint density at radius 3 is 2.81 bits per heavy atom. The van der Waals surface area contributed by atoms with E-state index in [1.54, 1.807) is 6.07 Å². The monoisotopic (exact) mass is 286 g/mol. The minimum atomic E-state index is -0.264. The number of anilines is 1. The predicted molar refractivity (Wildman–Crippen MR) is 81.9 cm³/mol. The highest BCUT2D eigenvalue weighted by molar-refractivity contribution is 5.59. The first kappa shape index (κ1) is 13.9. The van der Waals surface area contributed by atoms with Gasteiger partial charge in [-0.25, -0.2) is 14.4 Å². The Morgan fingerprint density at radius 1 is 1.29 bits per heavy atom. The van der Waals surface area contributed by atoms with E-state index >= 15 is 0 Å². The Bertz CT molecular complexity index is 623. The van der Waals surface area contributed by atoms with Gasteiger partial charge < -0.3 is 10.2 Å². The van der Waals surface area contributed by atoms with Crippen LogP contribution in [-0.4, -0.2) is 36.1 Å². The maximum absolute atomic E-state index is 13.3. The predicted octanol–water partition coefficient (Wildman–Crippen LogP) is 2.25. The van der Waals surface area contributed by atoms with E-state index in [1.165, 1.54) is 12.1 Å². The zero-order valence-electron chi connectivity index (χ0n) is 12.1. The van der Waals surface area contributed by atoms with E-state index in [2.05, 4.69) is 27.1 Å². The van der Waals surface area contributed by atoms with Crippen molar-refractivity contribution >= 4 is 5.69 Å². The van der Waals surface area contributed by atoms with Crippen LogP contribution in [0.1, 0.15) is 12.6 Å². The van der Waals surface area contributed by atoms with Crippen molar-refractivity contribution in [3.63, 3.8) is 0 Å². The van der Waals surface area contributed by atoms with Gasteiger partial charge in [-0.3, -0.25) is 0 Å². The molecule has 110 valence electrons. The molecule has 5 heteroatoms. The molecule has 1 N–H and O–H groups in total. The van der Waals surface area contributed by atoms with Gasteiger partial charge in [-0.15, -0.1) is 0 Å². The lowest BCUT2D eigenvalue weighted by Crippen LogP contribution is -2.44. The molecule has 3 rings (SSSR count). The highest BCUT2D eigenvalue weighted by atomic mass is 19.1. The lowest BCUT2D eigenvalue weighted by atomic mass is 10.2. The van der Waals surface area contributed by atoms with Gasteiger partial charge >= 0.3 is 0 Å². The summed E-state index contributed by atoms with van der Waals surface area (Å²) in [6.45, 7) is 5.98. The third-order valence-corrected chi connectivity index (χ3v) is 3.72. The number of nitrogens with zero attached hydrogens (tertiary/aromatic N) is 3. The summed E-state index contributed by atoms with van der Waals surface area (Å²) in [7, 11) is 0. The highest BCUT2D eigenvalue weighted by Gasteiger charge is 2.16. The number of benzene rings is 1. The molecule has 0 radical (unpaired) electrons. The molecule has 0 spiro atoms. The smallest absolute Gasteiger partial charge is 0.159 e. The minimum absolute atomic E-state index is 0.264. The molecule has 21 heavy (non-hydrogen) atoms. The van der Waals surface area contributed by atoms with E-state index in [4.69, 9.17) is 0 Å². The van der Waals surface area contributed by atoms with Crippen LogP contribution in [-0.2, 0) is 6.42 Å². The van der Waals surface area contributed by atoms with E-state index in [-0.39, 0.29) is 5.82 Å². The van der Waals surface area contributed by atoms with Gasteiger partial charge in [0.05, 0.1) is 17.6 Å². The van der Waals surface area contributed by atoms with Gasteiger partial charge in [-0.2, -0.15) is 0 Å². The van der Waals surface area contributed by atoms with Gasteiger partial charge in [0.25, 0.3) is 0 Å². The van der Waals surface area contributed by atoms with Crippen molar-refractivity contribution in [2.45, 2.75) is 13.3 Å². The van der Waals surface area contributed by atoms with Crippen LogP contribution in [0.15, 0.2) is 30.5 Å². The molecule has 0 bridgehead atoms. The molecule has 0 saturated carbocycles. The number of hydrogen-bond donors (Lipinski definition) is 1. The van der Waals surface area contributed by atoms with Crippen LogP contribution < -0.4 is 10.2 Å². The summed E-state index contributed by atoms with van der Waals surface area (Å²) >= 11 is 0. The molecule has 0 atom stereocenters. The number of piperazine rings is 1. The fourth-order valence-electron chi connectivity index (χ4n) is 2.61.